The molecular weight excluding hydrogens is 378 g/mol. The van der Waals surface area contributed by atoms with Crippen LogP contribution in [0.2, 0.25) is 0 Å². The fraction of sp³-hybridized carbons (Fsp3) is 0.286. The van der Waals surface area contributed by atoms with Crippen molar-refractivity contribution in [2.75, 3.05) is 6.54 Å². The topological polar surface area (TPSA) is 80.0 Å². The summed E-state index contributed by atoms with van der Waals surface area (Å²) in [6.07, 6.45) is 2.33. The van der Waals surface area contributed by atoms with Crippen LogP contribution in [0.1, 0.15) is 45.9 Å². The first-order chi connectivity index (χ1) is 14.0. The molecule has 2 heterocycles. The smallest absolute Gasteiger partial charge is 0.272 e. The number of carbonyl (C=O) groups excluding carboxylic acids is 1. The van der Waals surface area contributed by atoms with E-state index >= 15 is 0 Å². The number of benzene rings is 1. The van der Waals surface area contributed by atoms with E-state index in [1.165, 1.54) is 16.8 Å². The Morgan fingerprint density at radius 1 is 1.31 bits per heavy atom. The molecule has 1 saturated carbocycles. The highest BCUT2D eigenvalue weighted by molar-refractivity contribution is 5.94. The van der Waals surface area contributed by atoms with Gasteiger partial charge >= 0.3 is 0 Å². The molecule has 148 valence electrons. The highest BCUT2D eigenvalue weighted by atomic mass is 19.1. The Balaban J connectivity index is 1.42. The van der Waals surface area contributed by atoms with Gasteiger partial charge in [0.2, 0.25) is 0 Å². The molecule has 3 aromatic rings. The van der Waals surface area contributed by atoms with Crippen molar-refractivity contribution < 1.29 is 18.7 Å². The predicted octanol–water partition coefficient (Wildman–Crippen LogP) is 2.67. The molecule has 1 aromatic carbocycles. The van der Waals surface area contributed by atoms with Crippen LogP contribution in [-0.4, -0.2) is 32.3 Å². The van der Waals surface area contributed by atoms with E-state index in [-0.39, 0.29) is 23.8 Å². The molecule has 2 N–H and O–H groups in total. The first-order valence-corrected chi connectivity index (χ1v) is 9.47. The zero-order valence-electron chi connectivity index (χ0n) is 15.3. The van der Waals surface area contributed by atoms with Crippen LogP contribution in [0.5, 0.6) is 0 Å². The minimum absolute atomic E-state index is 0.0186. The molecule has 0 aliphatic heterocycles. The largest absolute Gasteiger partial charge is 0.385 e. The quantitative estimate of drug-likeness (QED) is 0.695. The summed E-state index contributed by atoms with van der Waals surface area (Å²) in [7, 11) is 0. The molecule has 0 saturated heterocycles. The van der Waals surface area contributed by atoms with Gasteiger partial charge in [0.05, 0.1) is 11.4 Å². The van der Waals surface area contributed by atoms with E-state index in [1.54, 1.807) is 24.4 Å². The Morgan fingerprint density at radius 2 is 2.17 bits per heavy atom. The van der Waals surface area contributed by atoms with Gasteiger partial charge in [-0.1, -0.05) is 6.07 Å². The average Bonchev–Trinajstić information content (AvgIpc) is 3.23. The molecule has 1 fully saturated rings. The third kappa shape index (κ3) is 3.09. The Bertz CT molecular complexity index is 1100. The van der Waals surface area contributed by atoms with Gasteiger partial charge in [-0.15, -0.1) is 0 Å². The molecule has 3 atom stereocenters. The van der Waals surface area contributed by atoms with Crippen molar-refractivity contribution in [3.63, 3.8) is 0 Å². The third-order valence-corrected chi connectivity index (χ3v) is 5.60. The van der Waals surface area contributed by atoms with Crippen LogP contribution in [0.4, 0.5) is 8.78 Å². The first-order valence-electron chi connectivity index (χ1n) is 9.47. The summed E-state index contributed by atoms with van der Waals surface area (Å²) in [5, 5.41) is 17.3. The fourth-order valence-corrected chi connectivity index (χ4v) is 4.09. The van der Waals surface area contributed by atoms with Crippen molar-refractivity contribution in [2.45, 2.75) is 24.9 Å². The van der Waals surface area contributed by atoms with Crippen LogP contribution in [0.15, 0.2) is 42.6 Å². The van der Waals surface area contributed by atoms with Gasteiger partial charge in [-0.05, 0) is 43.0 Å². The van der Waals surface area contributed by atoms with Gasteiger partial charge < -0.3 is 10.4 Å². The lowest BCUT2D eigenvalue weighted by Crippen LogP contribution is -2.29. The number of aliphatic hydroxyl groups excluding tert-OH is 1. The van der Waals surface area contributed by atoms with Gasteiger partial charge in [0, 0.05) is 30.3 Å². The van der Waals surface area contributed by atoms with Crippen molar-refractivity contribution >= 4 is 5.91 Å². The zero-order chi connectivity index (χ0) is 20.1. The van der Waals surface area contributed by atoms with E-state index in [2.05, 4.69) is 15.4 Å². The van der Waals surface area contributed by atoms with Crippen LogP contribution >= 0.6 is 0 Å². The molecule has 0 bridgehead atoms. The number of hydrogen-bond donors (Lipinski definition) is 2. The second-order valence-electron chi connectivity index (χ2n) is 7.51. The number of aliphatic hydroxyl groups is 1. The molecule has 1 amide bonds. The van der Waals surface area contributed by atoms with Crippen LogP contribution in [0.25, 0.3) is 5.69 Å². The second-order valence-corrected chi connectivity index (χ2v) is 7.51. The predicted molar refractivity (Wildman–Crippen MR) is 99.6 cm³/mol. The number of pyridine rings is 1. The minimum Gasteiger partial charge on any atom is -0.385 e. The number of halogens is 2. The highest BCUT2D eigenvalue weighted by Crippen LogP contribution is 2.57. The second kappa shape index (κ2) is 6.73. The van der Waals surface area contributed by atoms with Gasteiger partial charge in [0.15, 0.2) is 11.5 Å². The first kappa shape index (κ1) is 17.9. The third-order valence-electron chi connectivity index (χ3n) is 5.60. The maximum Gasteiger partial charge on any atom is 0.272 e. The number of fused-ring (bicyclic) bond motifs is 3. The number of hydrogen-bond acceptors (Lipinski definition) is 4. The van der Waals surface area contributed by atoms with Crippen molar-refractivity contribution in [3.05, 3.63) is 76.9 Å². The lowest BCUT2D eigenvalue weighted by molar-refractivity contribution is 0.0907. The maximum absolute atomic E-state index is 14.4. The summed E-state index contributed by atoms with van der Waals surface area (Å²) in [5.74, 6) is -1.12. The van der Waals surface area contributed by atoms with Crippen LogP contribution in [0, 0.1) is 17.6 Å². The van der Waals surface area contributed by atoms with Crippen LogP contribution in [-0.2, 0) is 6.42 Å². The summed E-state index contributed by atoms with van der Waals surface area (Å²) in [5.41, 5.74) is 2.45. The van der Waals surface area contributed by atoms with Crippen molar-refractivity contribution in [1.82, 2.24) is 20.1 Å². The molecule has 2 aromatic heterocycles. The molecule has 6 nitrogen and oxygen atoms in total. The normalized spacial score (nSPS) is 20.1. The SMILES string of the molecule is O=C(NCC(O)c1ccccn1)c1nn(-c2ccc(F)cc2F)c2c1C[C@H]1C[C@@H]21. The number of carbonyl (C=O) groups is 1. The van der Waals surface area contributed by atoms with E-state index < -0.39 is 23.6 Å². The van der Waals surface area contributed by atoms with Gasteiger partial charge in [0.25, 0.3) is 5.91 Å². The lowest BCUT2D eigenvalue weighted by Gasteiger charge is -2.11. The van der Waals surface area contributed by atoms with Gasteiger partial charge in [-0.25, -0.2) is 13.5 Å². The van der Waals surface area contributed by atoms with E-state index in [0.29, 0.717) is 18.0 Å². The Hall–Kier alpha value is -3.13. The Morgan fingerprint density at radius 3 is 2.93 bits per heavy atom. The molecule has 0 spiro atoms. The molecule has 5 rings (SSSR count). The zero-order valence-corrected chi connectivity index (χ0v) is 15.3. The van der Waals surface area contributed by atoms with Crippen LogP contribution in [0.3, 0.4) is 0 Å². The number of rotatable bonds is 5. The lowest BCUT2D eigenvalue weighted by atomic mass is 10.1. The number of aromatic nitrogens is 3. The number of amides is 1. The van der Waals surface area contributed by atoms with E-state index in [1.807, 2.05) is 0 Å². The molecule has 1 unspecified atom stereocenters. The fourth-order valence-electron chi connectivity index (χ4n) is 4.09. The number of nitrogens with zero attached hydrogens (tertiary/aromatic N) is 3. The molecule has 0 radical (unpaired) electrons. The average molecular weight is 396 g/mol. The van der Waals surface area contributed by atoms with E-state index in [0.717, 1.165) is 23.7 Å². The number of nitrogens with one attached hydrogen (secondary N) is 1. The monoisotopic (exact) mass is 396 g/mol. The summed E-state index contributed by atoms with van der Waals surface area (Å²) < 4.78 is 29.1. The summed E-state index contributed by atoms with van der Waals surface area (Å²) in [4.78, 5) is 16.8. The van der Waals surface area contributed by atoms with Crippen LogP contribution < -0.4 is 5.32 Å². The van der Waals surface area contributed by atoms with E-state index in [4.69, 9.17) is 0 Å². The summed E-state index contributed by atoms with van der Waals surface area (Å²) in [6.45, 7) is -0.0186. The van der Waals surface area contributed by atoms with Crippen molar-refractivity contribution in [3.8, 4) is 5.69 Å². The maximum atomic E-state index is 14.4. The Kier molecular flexibility index (Phi) is 4.16. The summed E-state index contributed by atoms with van der Waals surface area (Å²) in [6, 6.07) is 8.49. The molecule has 8 heteroatoms. The molecule has 2 aliphatic carbocycles. The van der Waals surface area contributed by atoms with Gasteiger partial charge in [-0.2, -0.15) is 5.10 Å². The van der Waals surface area contributed by atoms with Crippen molar-refractivity contribution in [1.29, 1.82) is 0 Å². The van der Waals surface area contributed by atoms with E-state index in [9.17, 15) is 18.7 Å². The van der Waals surface area contributed by atoms with Crippen molar-refractivity contribution in [2.24, 2.45) is 5.92 Å². The minimum atomic E-state index is -0.946. The standard InChI is InChI=1S/C21H18F2N4O2/c22-12-4-5-17(15(23)9-12)27-20-13-7-11(13)8-14(20)19(26-27)21(29)25-10-18(28)16-3-1-2-6-24-16/h1-6,9,11,13,18,28H,7-8,10H2,(H,25,29)/t11-,13-,18?/m1/s1. The van der Waals surface area contributed by atoms with Gasteiger partial charge in [0.1, 0.15) is 17.6 Å². The molecular formula is C21H18F2N4O2. The summed E-state index contributed by atoms with van der Waals surface area (Å²) >= 11 is 0. The highest BCUT2D eigenvalue weighted by Gasteiger charge is 2.50. The molecule has 2 aliphatic rings. The van der Waals surface area contributed by atoms with Gasteiger partial charge in [-0.3, -0.25) is 9.78 Å². The Labute approximate surface area is 165 Å². The molecule has 29 heavy (non-hydrogen) atoms.